The number of nitrogens with one attached hydrogen (secondary N) is 3. The Hall–Kier alpha value is -2.25. The summed E-state index contributed by atoms with van der Waals surface area (Å²) in [6, 6.07) is 9.50. The second kappa shape index (κ2) is 8.22. The van der Waals surface area contributed by atoms with Crippen molar-refractivity contribution in [1.82, 2.24) is 10.3 Å². The van der Waals surface area contributed by atoms with Crippen molar-refractivity contribution in [2.75, 3.05) is 17.2 Å². The maximum atomic E-state index is 12.5. The zero-order chi connectivity index (χ0) is 17.6. The summed E-state index contributed by atoms with van der Waals surface area (Å²) in [6.45, 7) is 2.82. The molecule has 1 fully saturated rings. The van der Waals surface area contributed by atoms with Crippen LogP contribution in [0.4, 0.5) is 10.1 Å². The number of nitrogens with zero attached hydrogens (tertiary/aromatic N) is 1. The molecule has 1 aliphatic heterocycles. The Morgan fingerprint density at radius 3 is 2.76 bits per heavy atom. The second-order valence-corrected chi connectivity index (χ2v) is 7.00. The summed E-state index contributed by atoms with van der Waals surface area (Å²) >= 11 is 1.29. The average molecular weight is 358 g/mol. The minimum atomic E-state index is -0.163. The van der Waals surface area contributed by atoms with Crippen molar-refractivity contribution in [3.63, 3.8) is 0 Å². The lowest BCUT2D eigenvalue weighted by Crippen LogP contribution is -2.35. The first-order valence-corrected chi connectivity index (χ1v) is 9.39. The van der Waals surface area contributed by atoms with Crippen molar-refractivity contribution in [2.45, 2.75) is 38.6 Å². The van der Waals surface area contributed by atoms with Crippen LogP contribution in [0.3, 0.4) is 0 Å². The molecule has 2 amide bonds. The van der Waals surface area contributed by atoms with Crippen molar-refractivity contribution in [3.05, 3.63) is 30.3 Å². The van der Waals surface area contributed by atoms with Crippen LogP contribution >= 0.6 is 11.3 Å². The maximum absolute atomic E-state index is 12.5. The third-order valence-electron chi connectivity index (χ3n) is 4.01. The highest BCUT2D eigenvalue weighted by molar-refractivity contribution is 7.20. The number of benzene rings is 1. The lowest BCUT2D eigenvalue weighted by Gasteiger charge is -2.10. The van der Waals surface area contributed by atoms with Gasteiger partial charge < -0.3 is 16.0 Å². The highest BCUT2D eigenvalue weighted by atomic mass is 32.1. The highest BCUT2D eigenvalue weighted by Gasteiger charge is 2.24. The minimum absolute atomic E-state index is 0.0511. The van der Waals surface area contributed by atoms with Crippen molar-refractivity contribution in [3.8, 4) is 11.3 Å². The second-order valence-electron chi connectivity index (χ2n) is 6.00. The predicted octanol–water partition coefficient (Wildman–Crippen LogP) is 3.24. The predicted molar refractivity (Wildman–Crippen MR) is 101 cm³/mol. The number of aromatic nitrogens is 1. The molecule has 1 saturated heterocycles. The number of amides is 2. The van der Waals surface area contributed by atoms with Crippen LogP contribution in [0.1, 0.15) is 32.6 Å². The van der Waals surface area contributed by atoms with E-state index in [4.69, 9.17) is 0 Å². The molecule has 6 nitrogen and oxygen atoms in total. The summed E-state index contributed by atoms with van der Waals surface area (Å²) in [6.07, 6.45) is 3.07. The molecule has 3 rings (SSSR count). The van der Waals surface area contributed by atoms with E-state index in [9.17, 15) is 9.59 Å². The van der Waals surface area contributed by atoms with Crippen LogP contribution in [-0.2, 0) is 9.59 Å². The first-order chi connectivity index (χ1) is 12.2. The molecule has 1 aliphatic rings. The van der Waals surface area contributed by atoms with Crippen molar-refractivity contribution < 1.29 is 9.59 Å². The third-order valence-corrected chi connectivity index (χ3v) is 4.90. The summed E-state index contributed by atoms with van der Waals surface area (Å²) in [5, 5.41) is 10.2. The first-order valence-electron chi connectivity index (χ1n) is 8.57. The van der Waals surface area contributed by atoms with E-state index in [-0.39, 0.29) is 17.9 Å². The van der Waals surface area contributed by atoms with Crippen LogP contribution in [0.15, 0.2) is 30.3 Å². The number of rotatable bonds is 6. The maximum Gasteiger partial charge on any atom is 0.242 e. The van der Waals surface area contributed by atoms with Gasteiger partial charge in [0, 0.05) is 12.0 Å². The number of hydrogen-bond donors (Lipinski definition) is 3. The Bertz CT molecular complexity index is 739. The van der Waals surface area contributed by atoms with Gasteiger partial charge in [0.15, 0.2) is 5.13 Å². The molecule has 132 valence electrons. The highest BCUT2D eigenvalue weighted by Crippen LogP contribution is 2.36. The van der Waals surface area contributed by atoms with Gasteiger partial charge in [-0.1, -0.05) is 48.6 Å². The number of thiazole rings is 1. The van der Waals surface area contributed by atoms with E-state index < -0.39 is 0 Å². The average Bonchev–Trinajstić information content (AvgIpc) is 3.26. The van der Waals surface area contributed by atoms with Gasteiger partial charge in [-0.2, -0.15) is 0 Å². The van der Waals surface area contributed by atoms with Crippen LogP contribution in [0.25, 0.3) is 11.3 Å². The van der Waals surface area contributed by atoms with E-state index in [1.807, 2.05) is 37.3 Å². The van der Waals surface area contributed by atoms with Crippen LogP contribution in [0.5, 0.6) is 0 Å². The quantitative estimate of drug-likeness (QED) is 0.740. The molecular formula is C18H22N4O2S. The lowest BCUT2D eigenvalue weighted by atomic mass is 10.1. The van der Waals surface area contributed by atoms with Gasteiger partial charge in [0.05, 0.1) is 6.04 Å². The summed E-state index contributed by atoms with van der Waals surface area (Å²) < 4.78 is 0. The minimum Gasteiger partial charge on any atom is -0.314 e. The van der Waals surface area contributed by atoms with E-state index in [1.54, 1.807) is 0 Å². The molecule has 2 heterocycles. The summed E-state index contributed by atoms with van der Waals surface area (Å²) in [7, 11) is 0. The molecule has 1 aromatic carbocycles. The van der Waals surface area contributed by atoms with Gasteiger partial charge in [0.2, 0.25) is 11.8 Å². The fourth-order valence-corrected chi connectivity index (χ4v) is 3.67. The molecule has 1 atom stereocenters. The molecule has 0 radical (unpaired) electrons. The normalized spacial score (nSPS) is 16.6. The molecule has 25 heavy (non-hydrogen) atoms. The number of carbonyl (C=O) groups is 2. The topological polar surface area (TPSA) is 83.1 Å². The first kappa shape index (κ1) is 17.6. The summed E-state index contributed by atoms with van der Waals surface area (Å²) in [4.78, 5) is 28.8. The van der Waals surface area contributed by atoms with Crippen molar-refractivity contribution in [2.24, 2.45) is 0 Å². The van der Waals surface area contributed by atoms with E-state index >= 15 is 0 Å². The Labute approximate surface area is 151 Å². The van der Waals surface area contributed by atoms with Gasteiger partial charge in [0.1, 0.15) is 10.7 Å². The van der Waals surface area contributed by atoms with Gasteiger partial charge in [0.25, 0.3) is 0 Å². The fraction of sp³-hybridized carbons (Fsp3) is 0.389. The van der Waals surface area contributed by atoms with E-state index in [0.29, 0.717) is 22.2 Å². The molecule has 1 aromatic heterocycles. The largest absolute Gasteiger partial charge is 0.314 e. The smallest absolute Gasteiger partial charge is 0.242 e. The van der Waals surface area contributed by atoms with E-state index in [0.717, 1.165) is 31.4 Å². The zero-order valence-electron chi connectivity index (χ0n) is 14.2. The molecule has 0 spiro atoms. The summed E-state index contributed by atoms with van der Waals surface area (Å²) in [5.74, 6) is -0.115. The molecule has 0 aliphatic carbocycles. The van der Waals surface area contributed by atoms with Crippen LogP contribution in [-0.4, -0.2) is 29.4 Å². The van der Waals surface area contributed by atoms with Crippen molar-refractivity contribution in [1.29, 1.82) is 0 Å². The molecule has 7 heteroatoms. The Balaban J connectivity index is 1.84. The van der Waals surface area contributed by atoms with Crippen molar-refractivity contribution >= 4 is 33.3 Å². The number of anilines is 2. The van der Waals surface area contributed by atoms with Crippen LogP contribution in [0, 0.1) is 0 Å². The molecule has 0 unspecified atom stereocenters. The standard InChI is InChI=1S/C18H22N4O2S/c1-2-7-14(23)20-18-21-15(12-8-4-3-5-9-12)17(25-18)22-16(24)13-10-6-11-19-13/h3-5,8-9,13,19H,2,6-7,10-11H2,1H3,(H,22,24)(H,20,21,23)/t13-/m0/s1. The third kappa shape index (κ3) is 4.43. The van der Waals surface area contributed by atoms with Gasteiger partial charge in [-0.3, -0.25) is 9.59 Å². The fourth-order valence-electron chi connectivity index (χ4n) is 2.77. The summed E-state index contributed by atoms with van der Waals surface area (Å²) in [5.41, 5.74) is 1.59. The Morgan fingerprint density at radius 2 is 2.08 bits per heavy atom. The van der Waals surface area contributed by atoms with Crippen LogP contribution in [0.2, 0.25) is 0 Å². The monoisotopic (exact) mass is 358 g/mol. The van der Waals surface area contributed by atoms with Gasteiger partial charge in [-0.15, -0.1) is 0 Å². The molecular weight excluding hydrogens is 336 g/mol. The molecule has 0 bridgehead atoms. The number of carbonyl (C=O) groups excluding carboxylic acids is 2. The van der Waals surface area contributed by atoms with Gasteiger partial charge in [-0.25, -0.2) is 4.98 Å². The lowest BCUT2D eigenvalue weighted by molar-refractivity contribution is -0.118. The Morgan fingerprint density at radius 1 is 1.28 bits per heavy atom. The van der Waals surface area contributed by atoms with Gasteiger partial charge >= 0.3 is 0 Å². The number of hydrogen-bond acceptors (Lipinski definition) is 5. The van der Waals surface area contributed by atoms with Crippen LogP contribution < -0.4 is 16.0 Å². The molecule has 2 aromatic rings. The zero-order valence-corrected chi connectivity index (χ0v) is 15.0. The SMILES string of the molecule is CCCC(=O)Nc1nc(-c2ccccc2)c(NC(=O)[C@@H]2CCCN2)s1. The molecule has 3 N–H and O–H groups in total. The molecule has 0 saturated carbocycles. The Kier molecular flexibility index (Phi) is 5.78. The van der Waals surface area contributed by atoms with Gasteiger partial charge in [-0.05, 0) is 25.8 Å². The van der Waals surface area contributed by atoms with E-state index in [2.05, 4.69) is 20.9 Å². The van der Waals surface area contributed by atoms with E-state index in [1.165, 1.54) is 11.3 Å².